The Balaban J connectivity index is 1.51. The van der Waals surface area contributed by atoms with E-state index in [4.69, 9.17) is 0 Å². The maximum atomic E-state index is 12.9. The van der Waals surface area contributed by atoms with Crippen LogP contribution in [0.1, 0.15) is 24.2 Å². The number of amides is 1. The SMILES string of the molecule is Cn1ccnc1CN1C[C@@H]2CC[C@H](C1)N(Cc1ccccc1)C2=O. The number of carbonyl (C=O) groups excluding carboxylic acids is 1. The predicted molar refractivity (Wildman–Crippen MR) is 92.0 cm³/mol. The number of hydrogen-bond acceptors (Lipinski definition) is 3. The first kappa shape index (κ1) is 15.4. The Morgan fingerprint density at radius 2 is 1.96 bits per heavy atom. The van der Waals surface area contributed by atoms with Gasteiger partial charge in [0.1, 0.15) is 5.82 Å². The lowest BCUT2D eigenvalue weighted by atomic mass is 9.93. The standard InChI is InChI=1S/C19H24N4O/c1-21-10-9-20-18(21)14-22-12-16-7-8-17(13-22)23(19(16)24)11-15-5-3-2-4-6-15/h2-6,9-10,16-17H,7-8,11-14H2,1H3/t16-,17+/m0/s1. The van der Waals surface area contributed by atoms with Crippen LogP contribution in [0.2, 0.25) is 0 Å². The van der Waals surface area contributed by atoms with Crippen LogP contribution in [-0.4, -0.2) is 44.4 Å². The zero-order chi connectivity index (χ0) is 16.5. The minimum absolute atomic E-state index is 0.132. The van der Waals surface area contributed by atoms with E-state index in [1.54, 1.807) is 0 Å². The Morgan fingerprint density at radius 3 is 2.71 bits per heavy atom. The molecule has 0 radical (unpaired) electrons. The molecule has 0 spiro atoms. The maximum absolute atomic E-state index is 12.9. The zero-order valence-electron chi connectivity index (χ0n) is 14.1. The minimum atomic E-state index is 0.132. The third-order valence-electron chi connectivity index (χ3n) is 5.35. The molecule has 1 amide bonds. The Hall–Kier alpha value is -2.14. The number of benzene rings is 1. The fourth-order valence-electron chi connectivity index (χ4n) is 4.00. The molecule has 0 aliphatic carbocycles. The van der Waals surface area contributed by atoms with Crippen LogP contribution in [-0.2, 0) is 24.9 Å². The first-order valence-electron chi connectivity index (χ1n) is 8.73. The summed E-state index contributed by atoms with van der Waals surface area (Å²) < 4.78 is 2.07. The summed E-state index contributed by atoms with van der Waals surface area (Å²) in [7, 11) is 2.03. The molecule has 0 unspecified atom stereocenters. The van der Waals surface area contributed by atoms with Gasteiger partial charge in [0.2, 0.25) is 5.91 Å². The Bertz CT molecular complexity index is 711. The molecule has 24 heavy (non-hydrogen) atoms. The van der Waals surface area contributed by atoms with Crippen molar-refractivity contribution in [2.24, 2.45) is 13.0 Å². The molecule has 3 aliphatic heterocycles. The third-order valence-corrected chi connectivity index (χ3v) is 5.35. The maximum Gasteiger partial charge on any atom is 0.227 e. The topological polar surface area (TPSA) is 41.4 Å². The molecule has 5 nitrogen and oxygen atoms in total. The summed E-state index contributed by atoms with van der Waals surface area (Å²) in [4.78, 5) is 21.9. The average Bonchev–Trinajstić information content (AvgIpc) is 2.81. The van der Waals surface area contributed by atoms with Gasteiger partial charge < -0.3 is 9.47 Å². The lowest BCUT2D eigenvalue weighted by Crippen LogP contribution is -2.47. The summed E-state index contributed by atoms with van der Waals surface area (Å²) in [5, 5.41) is 0. The van der Waals surface area contributed by atoms with Crippen molar-refractivity contribution >= 4 is 5.91 Å². The van der Waals surface area contributed by atoms with Gasteiger partial charge in [0.25, 0.3) is 0 Å². The smallest absolute Gasteiger partial charge is 0.227 e. The second-order valence-corrected chi connectivity index (χ2v) is 7.03. The van der Waals surface area contributed by atoms with Gasteiger partial charge in [-0.2, -0.15) is 0 Å². The molecule has 2 atom stereocenters. The lowest BCUT2D eigenvalue weighted by Gasteiger charge is -2.36. The van der Waals surface area contributed by atoms with Gasteiger partial charge >= 0.3 is 0 Å². The molecule has 4 heterocycles. The van der Waals surface area contributed by atoms with Gasteiger partial charge in [0.15, 0.2) is 0 Å². The van der Waals surface area contributed by atoms with Gasteiger partial charge in [-0.1, -0.05) is 30.3 Å². The van der Waals surface area contributed by atoms with Crippen molar-refractivity contribution in [3.05, 3.63) is 54.1 Å². The molecule has 3 aliphatic rings. The number of hydrogen-bond donors (Lipinski definition) is 0. The number of rotatable bonds is 4. The number of nitrogens with zero attached hydrogens (tertiary/aromatic N) is 4. The van der Waals surface area contributed by atoms with E-state index in [0.717, 1.165) is 44.8 Å². The van der Waals surface area contributed by atoms with Crippen LogP contribution < -0.4 is 0 Å². The highest BCUT2D eigenvalue weighted by Gasteiger charge is 2.40. The fraction of sp³-hybridized carbons (Fsp3) is 0.474. The molecule has 3 saturated heterocycles. The number of carbonyl (C=O) groups is 1. The van der Waals surface area contributed by atoms with Gasteiger partial charge in [-0.3, -0.25) is 9.69 Å². The molecular weight excluding hydrogens is 300 g/mol. The Morgan fingerprint density at radius 1 is 1.12 bits per heavy atom. The van der Waals surface area contributed by atoms with Crippen LogP contribution >= 0.6 is 0 Å². The van der Waals surface area contributed by atoms with E-state index in [-0.39, 0.29) is 5.92 Å². The summed E-state index contributed by atoms with van der Waals surface area (Å²) in [5.74, 6) is 1.53. The highest BCUT2D eigenvalue weighted by Crippen LogP contribution is 2.30. The summed E-state index contributed by atoms with van der Waals surface area (Å²) in [6.45, 7) is 3.36. The van der Waals surface area contributed by atoms with Crippen LogP contribution in [0, 0.1) is 5.92 Å². The minimum Gasteiger partial charge on any atom is -0.337 e. The van der Waals surface area contributed by atoms with Crippen molar-refractivity contribution in [2.75, 3.05) is 13.1 Å². The molecule has 0 saturated carbocycles. The number of piperidine rings is 1. The molecule has 2 bridgehead atoms. The lowest BCUT2D eigenvalue weighted by molar-refractivity contribution is -0.140. The highest BCUT2D eigenvalue weighted by molar-refractivity contribution is 5.80. The quantitative estimate of drug-likeness (QED) is 0.864. The molecule has 126 valence electrons. The van der Waals surface area contributed by atoms with Crippen molar-refractivity contribution < 1.29 is 4.79 Å². The van der Waals surface area contributed by atoms with E-state index < -0.39 is 0 Å². The van der Waals surface area contributed by atoms with E-state index in [9.17, 15) is 4.79 Å². The number of fused-ring (bicyclic) bond motifs is 4. The fourth-order valence-corrected chi connectivity index (χ4v) is 4.00. The third kappa shape index (κ3) is 2.96. The van der Waals surface area contributed by atoms with E-state index in [1.165, 1.54) is 5.56 Å². The monoisotopic (exact) mass is 324 g/mol. The van der Waals surface area contributed by atoms with E-state index in [0.29, 0.717) is 11.9 Å². The van der Waals surface area contributed by atoms with Crippen LogP contribution in [0.3, 0.4) is 0 Å². The van der Waals surface area contributed by atoms with E-state index in [1.807, 2.05) is 37.6 Å². The van der Waals surface area contributed by atoms with Gasteiger partial charge in [-0.05, 0) is 18.4 Å². The summed E-state index contributed by atoms with van der Waals surface area (Å²) in [6, 6.07) is 10.6. The molecular formula is C19H24N4O. The van der Waals surface area contributed by atoms with Gasteiger partial charge in [-0.25, -0.2) is 4.98 Å². The summed E-state index contributed by atoms with van der Waals surface area (Å²) in [5.41, 5.74) is 1.22. The first-order chi connectivity index (χ1) is 11.7. The van der Waals surface area contributed by atoms with Gasteiger partial charge in [0, 0.05) is 45.1 Å². The average molecular weight is 324 g/mol. The largest absolute Gasteiger partial charge is 0.337 e. The summed E-state index contributed by atoms with van der Waals surface area (Å²) >= 11 is 0. The molecule has 5 heteroatoms. The van der Waals surface area contributed by atoms with Crippen LogP contribution in [0.25, 0.3) is 0 Å². The highest BCUT2D eigenvalue weighted by atomic mass is 16.2. The van der Waals surface area contributed by atoms with Gasteiger partial charge in [0.05, 0.1) is 12.5 Å². The second-order valence-electron chi connectivity index (χ2n) is 7.03. The van der Waals surface area contributed by atoms with Crippen LogP contribution in [0.5, 0.6) is 0 Å². The zero-order valence-corrected chi connectivity index (χ0v) is 14.1. The molecule has 1 aromatic heterocycles. The normalized spacial score (nSPS) is 24.4. The number of imidazole rings is 1. The molecule has 3 fully saturated rings. The van der Waals surface area contributed by atoms with E-state index >= 15 is 0 Å². The van der Waals surface area contributed by atoms with E-state index in [2.05, 4.69) is 31.5 Å². The molecule has 2 aromatic rings. The number of aromatic nitrogens is 2. The molecule has 1 aromatic carbocycles. The van der Waals surface area contributed by atoms with Gasteiger partial charge in [-0.15, -0.1) is 0 Å². The first-order valence-corrected chi connectivity index (χ1v) is 8.73. The van der Waals surface area contributed by atoms with Crippen molar-refractivity contribution in [3.8, 4) is 0 Å². The molecule has 0 N–H and O–H groups in total. The Labute approximate surface area is 142 Å². The molecule has 5 rings (SSSR count). The van der Waals surface area contributed by atoms with Crippen molar-refractivity contribution in [2.45, 2.75) is 32.0 Å². The van der Waals surface area contributed by atoms with Crippen molar-refractivity contribution in [3.63, 3.8) is 0 Å². The van der Waals surface area contributed by atoms with Crippen molar-refractivity contribution in [1.82, 2.24) is 19.4 Å². The predicted octanol–water partition coefficient (Wildman–Crippen LogP) is 2.04. The Kier molecular flexibility index (Phi) is 4.10. The number of aryl methyl sites for hydroxylation is 1. The summed E-state index contributed by atoms with van der Waals surface area (Å²) in [6.07, 6.45) is 5.95. The van der Waals surface area contributed by atoms with Crippen LogP contribution in [0.4, 0.5) is 0 Å². The van der Waals surface area contributed by atoms with Crippen molar-refractivity contribution in [1.29, 1.82) is 0 Å². The second kappa shape index (κ2) is 6.40. The van der Waals surface area contributed by atoms with Crippen LogP contribution in [0.15, 0.2) is 42.7 Å².